The molecule has 0 aromatic heterocycles. The fraction of sp³-hybridized carbons (Fsp3) is 0.0667. The Kier molecular flexibility index (Phi) is 3.19. The van der Waals surface area contributed by atoms with Gasteiger partial charge in [-0.2, -0.15) is 0 Å². The molecule has 1 aliphatic heterocycles. The molecule has 21 heavy (non-hydrogen) atoms. The smallest absolute Gasteiger partial charge is 0.335 e. The Bertz CT molecular complexity index is 723. The largest absolute Gasteiger partial charge is 0.483 e. The van der Waals surface area contributed by atoms with Gasteiger partial charge in [-0.25, -0.2) is 9.79 Å². The molecule has 0 radical (unpaired) electrons. The van der Waals surface area contributed by atoms with Crippen LogP contribution in [0, 0.1) is 0 Å². The Morgan fingerprint density at radius 1 is 1.24 bits per heavy atom. The molecule has 4 N–H and O–H groups in total. The number of hydrogen-bond donors (Lipinski definition) is 3. The third-order valence-corrected chi connectivity index (χ3v) is 3.02. The van der Waals surface area contributed by atoms with Crippen LogP contribution in [0.15, 0.2) is 47.5 Å². The summed E-state index contributed by atoms with van der Waals surface area (Å²) in [4.78, 5) is 15.2. The number of nitrogens with zero attached hydrogens (tertiary/aromatic N) is 1. The van der Waals surface area contributed by atoms with E-state index in [0.29, 0.717) is 29.6 Å². The monoisotopic (exact) mass is 283 g/mol. The van der Waals surface area contributed by atoms with Crippen molar-refractivity contribution in [3.05, 3.63) is 48.0 Å². The van der Waals surface area contributed by atoms with Crippen molar-refractivity contribution in [2.75, 3.05) is 17.7 Å². The van der Waals surface area contributed by atoms with Crippen molar-refractivity contribution < 1.29 is 14.6 Å². The molecular formula is C15H13N3O3. The van der Waals surface area contributed by atoms with Gasteiger partial charge >= 0.3 is 5.97 Å². The van der Waals surface area contributed by atoms with Gasteiger partial charge in [-0.15, -0.1) is 0 Å². The number of fused-ring (bicyclic) bond motifs is 1. The zero-order valence-electron chi connectivity index (χ0n) is 11.0. The number of nitrogens with two attached hydrogens (primary N) is 1. The first kappa shape index (κ1) is 13.0. The van der Waals surface area contributed by atoms with Crippen molar-refractivity contribution in [1.29, 1.82) is 0 Å². The first-order valence-electron chi connectivity index (χ1n) is 6.32. The Balaban J connectivity index is 1.79. The van der Waals surface area contributed by atoms with E-state index in [4.69, 9.17) is 15.6 Å². The van der Waals surface area contributed by atoms with Gasteiger partial charge in [-0.1, -0.05) is 0 Å². The lowest BCUT2D eigenvalue weighted by molar-refractivity contribution is 0.0697. The van der Waals surface area contributed by atoms with Gasteiger partial charge in [0.25, 0.3) is 0 Å². The van der Waals surface area contributed by atoms with E-state index < -0.39 is 5.97 Å². The number of hydrogen-bond acceptors (Lipinski definition) is 5. The van der Waals surface area contributed by atoms with Crippen LogP contribution in [0.25, 0.3) is 0 Å². The van der Waals surface area contributed by atoms with E-state index in [1.165, 1.54) is 12.1 Å². The lowest BCUT2D eigenvalue weighted by Crippen LogP contribution is -2.23. The van der Waals surface area contributed by atoms with Crippen molar-refractivity contribution in [2.45, 2.75) is 0 Å². The lowest BCUT2D eigenvalue weighted by Gasteiger charge is -2.18. The molecule has 2 aromatic rings. The molecule has 0 atom stereocenters. The average molecular weight is 283 g/mol. The van der Waals surface area contributed by atoms with E-state index >= 15 is 0 Å². The number of amidine groups is 1. The van der Waals surface area contributed by atoms with Crippen LogP contribution in [-0.2, 0) is 0 Å². The van der Waals surface area contributed by atoms with E-state index in [1.54, 1.807) is 30.3 Å². The molecule has 6 nitrogen and oxygen atoms in total. The number of nitrogens with one attached hydrogen (secondary N) is 1. The minimum absolute atomic E-state index is 0.239. The van der Waals surface area contributed by atoms with E-state index in [0.717, 1.165) is 5.69 Å². The summed E-state index contributed by atoms with van der Waals surface area (Å²) < 4.78 is 5.58. The first-order valence-corrected chi connectivity index (χ1v) is 6.32. The molecule has 0 saturated carbocycles. The van der Waals surface area contributed by atoms with Crippen LogP contribution in [0.3, 0.4) is 0 Å². The maximum Gasteiger partial charge on any atom is 0.335 e. The molecule has 0 aliphatic carbocycles. The molecule has 0 saturated heterocycles. The number of nitrogen functional groups attached to an aromatic ring is 1. The summed E-state index contributed by atoms with van der Waals surface area (Å²) in [5.74, 6) is 0.350. The summed E-state index contributed by atoms with van der Waals surface area (Å²) in [5.41, 5.74) is 8.01. The highest BCUT2D eigenvalue weighted by molar-refractivity contribution is 6.00. The number of carboxylic acids is 1. The Labute approximate surface area is 120 Å². The van der Waals surface area contributed by atoms with Crippen LogP contribution >= 0.6 is 0 Å². The number of aliphatic imine (C=N–C) groups is 1. The predicted octanol–water partition coefficient (Wildman–Crippen LogP) is 2.50. The van der Waals surface area contributed by atoms with Gasteiger partial charge in [0.05, 0.1) is 5.56 Å². The minimum Gasteiger partial charge on any atom is -0.483 e. The van der Waals surface area contributed by atoms with Crippen LogP contribution in [-0.4, -0.2) is 23.5 Å². The Morgan fingerprint density at radius 3 is 2.71 bits per heavy atom. The zero-order chi connectivity index (χ0) is 14.8. The van der Waals surface area contributed by atoms with Crippen molar-refractivity contribution >= 4 is 28.9 Å². The lowest BCUT2D eigenvalue weighted by atomic mass is 10.2. The molecule has 6 heteroatoms. The normalized spacial score (nSPS) is 12.9. The van der Waals surface area contributed by atoms with Crippen LogP contribution < -0.4 is 15.8 Å². The maximum atomic E-state index is 10.8. The number of carboxylic acid groups (broad SMARTS) is 1. The SMILES string of the molecule is Nc1ccc2c(c1)OCC(Nc1ccc(C(=O)O)cc1)=N2. The topological polar surface area (TPSA) is 96.9 Å². The third kappa shape index (κ3) is 2.79. The summed E-state index contributed by atoms with van der Waals surface area (Å²) >= 11 is 0. The van der Waals surface area contributed by atoms with Crippen LogP contribution in [0.5, 0.6) is 5.75 Å². The number of anilines is 2. The number of carbonyl (C=O) groups is 1. The highest BCUT2D eigenvalue weighted by Gasteiger charge is 2.13. The Hall–Kier alpha value is -3.02. The molecule has 0 amide bonds. The van der Waals surface area contributed by atoms with Crippen molar-refractivity contribution in [1.82, 2.24) is 0 Å². The van der Waals surface area contributed by atoms with Crippen molar-refractivity contribution in [3.63, 3.8) is 0 Å². The van der Waals surface area contributed by atoms with Crippen LogP contribution in [0.1, 0.15) is 10.4 Å². The van der Waals surface area contributed by atoms with E-state index in [2.05, 4.69) is 10.3 Å². The summed E-state index contributed by atoms with van der Waals surface area (Å²) in [6, 6.07) is 11.7. The van der Waals surface area contributed by atoms with Gasteiger partial charge in [-0.05, 0) is 36.4 Å². The quantitative estimate of drug-likeness (QED) is 0.736. The first-order chi connectivity index (χ1) is 10.1. The van der Waals surface area contributed by atoms with E-state index in [9.17, 15) is 4.79 Å². The number of benzene rings is 2. The van der Waals surface area contributed by atoms with Gasteiger partial charge in [0, 0.05) is 17.4 Å². The second-order valence-electron chi connectivity index (χ2n) is 4.58. The molecule has 1 aliphatic rings. The molecule has 0 unspecified atom stereocenters. The second kappa shape index (κ2) is 5.16. The molecule has 0 fully saturated rings. The highest BCUT2D eigenvalue weighted by atomic mass is 16.5. The standard InChI is InChI=1S/C15H13N3O3/c16-10-3-6-12-13(7-10)21-8-14(18-12)17-11-4-1-9(2-5-11)15(19)20/h1-7H,8,16H2,(H,17,18)(H,19,20). The number of aromatic carboxylic acids is 1. The maximum absolute atomic E-state index is 10.8. The summed E-state index contributed by atoms with van der Waals surface area (Å²) in [6.45, 7) is 0.303. The highest BCUT2D eigenvalue weighted by Crippen LogP contribution is 2.32. The van der Waals surface area contributed by atoms with E-state index in [-0.39, 0.29) is 5.56 Å². The summed E-state index contributed by atoms with van der Waals surface area (Å²) in [5, 5.41) is 12.0. The molecule has 1 heterocycles. The molecule has 0 spiro atoms. The Morgan fingerprint density at radius 2 is 2.00 bits per heavy atom. The van der Waals surface area contributed by atoms with Crippen LogP contribution in [0.4, 0.5) is 17.1 Å². The zero-order valence-corrected chi connectivity index (χ0v) is 11.0. The van der Waals surface area contributed by atoms with E-state index in [1.807, 2.05) is 0 Å². The third-order valence-electron chi connectivity index (χ3n) is 3.02. The summed E-state index contributed by atoms with van der Waals surface area (Å²) in [6.07, 6.45) is 0. The van der Waals surface area contributed by atoms with Gasteiger partial charge in [-0.3, -0.25) is 0 Å². The van der Waals surface area contributed by atoms with Gasteiger partial charge in [0.1, 0.15) is 23.9 Å². The van der Waals surface area contributed by atoms with Crippen LogP contribution in [0.2, 0.25) is 0 Å². The predicted molar refractivity (Wildman–Crippen MR) is 80.5 cm³/mol. The minimum atomic E-state index is -0.952. The average Bonchev–Trinajstić information content (AvgIpc) is 2.48. The summed E-state index contributed by atoms with van der Waals surface area (Å²) in [7, 11) is 0. The van der Waals surface area contributed by atoms with Crippen molar-refractivity contribution in [3.8, 4) is 5.75 Å². The van der Waals surface area contributed by atoms with Gasteiger partial charge in [0.2, 0.25) is 0 Å². The second-order valence-corrected chi connectivity index (χ2v) is 4.58. The molecule has 0 bridgehead atoms. The molecule has 106 valence electrons. The molecule has 3 rings (SSSR count). The fourth-order valence-corrected chi connectivity index (χ4v) is 1.99. The molecule has 2 aromatic carbocycles. The fourth-order valence-electron chi connectivity index (χ4n) is 1.99. The van der Waals surface area contributed by atoms with Gasteiger partial charge < -0.3 is 20.9 Å². The molecular weight excluding hydrogens is 270 g/mol. The number of rotatable bonds is 2. The van der Waals surface area contributed by atoms with Crippen molar-refractivity contribution in [2.24, 2.45) is 4.99 Å². The number of ether oxygens (including phenoxy) is 1. The van der Waals surface area contributed by atoms with Gasteiger partial charge in [0.15, 0.2) is 0 Å².